The van der Waals surface area contributed by atoms with Gasteiger partial charge in [0, 0.05) is 39.4 Å². The highest BCUT2D eigenvalue weighted by atomic mass is 32.1. The van der Waals surface area contributed by atoms with Crippen molar-refractivity contribution in [2.24, 2.45) is 0 Å². The molecule has 1 aromatic carbocycles. The number of hydrazine groups is 1. The molecule has 0 aliphatic carbocycles. The molecule has 2 N–H and O–H groups in total. The zero-order valence-corrected chi connectivity index (χ0v) is 14.5. The summed E-state index contributed by atoms with van der Waals surface area (Å²) in [4.78, 5) is 22.6. The third-order valence-electron chi connectivity index (χ3n) is 3.01. The van der Waals surface area contributed by atoms with Gasteiger partial charge in [-0.25, -0.2) is 0 Å². The number of nitrogens with zero attached hydrogens (tertiary/aromatic N) is 2. The summed E-state index contributed by atoms with van der Waals surface area (Å²) in [6.07, 6.45) is 0.761. The molecule has 0 aliphatic rings. The monoisotopic (exact) mass is 356 g/mol. The van der Waals surface area contributed by atoms with Gasteiger partial charge in [0.25, 0.3) is 11.6 Å². The molecule has 0 aromatic heterocycles. The minimum absolute atomic E-state index is 0.0423. The molecule has 9 nitrogen and oxygen atoms in total. The van der Waals surface area contributed by atoms with E-state index in [0.29, 0.717) is 18.3 Å². The van der Waals surface area contributed by atoms with E-state index >= 15 is 0 Å². The fraction of sp³-hybridized carbons (Fsp3) is 0.429. The summed E-state index contributed by atoms with van der Waals surface area (Å²) in [6.45, 7) is 1.18. The van der Waals surface area contributed by atoms with Crippen LogP contribution in [0.3, 0.4) is 0 Å². The number of hydrogen-bond donors (Lipinski definition) is 2. The molecule has 1 aromatic rings. The van der Waals surface area contributed by atoms with Gasteiger partial charge < -0.3 is 14.8 Å². The van der Waals surface area contributed by atoms with Crippen LogP contribution in [0.25, 0.3) is 0 Å². The van der Waals surface area contributed by atoms with Gasteiger partial charge >= 0.3 is 0 Å². The zero-order chi connectivity index (χ0) is 18.1. The summed E-state index contributed by atoms with van der Waals surface area (Å²) in [6, 6.07) is 3.78. The first-order valence-corrected chi connectivity index (χ1v) is 7.45. The number of non-ortho nitro benzene ring substituents is 1. The summed E-state index contributed by atoms with van der Waals surface area (Å²) in [5, 5.41) is 15.4. The number of thiocarbonyl (C=S) groups is 1. The topological polar surface area (TPSA) is 106 Å². The SMILES string of the molecule is COCCCNC(=S)N(C)NC(=O)c1cc([N+](=O)[O-])ccc1OC. The average Bonchev–Trinajstić information content (AvgIpc) is 2.57. The second-order valence-electron chi connectivity index (χ2n) is 4.72. The van der Waals surface area contributed by atoms with E-state index < -0.39 is 10.8 Å². The van der Waals surface area contributed by atoms with E-state index in [2.05, 4.69) is 10.7 Å². The Balaban J connectivity index is 2.74. The number of methoxy groups -OCH3 is 2. The van der Waals surface area contributed by atoms with Crippen LogP contribution in [-0.2, 0) is 4.74 Å². The van der Waals surface area contributed by atoms with Gasteiger partial charge in [-0.15, -0.1) is 0 Å². The second kappa shape index (κ2) is 9.63. The van der Waals surface area contributed by atoms with Crippen molar-refractivity contribution in [3.63, 3.8) is 0 Å². The Bertz CT molecular complexity index is 611. The normalized spacial score (nSPS) is 9.96. The van der Waals surface area contributed by atoms with Crippen LogP contribution in [0, 0.1) is 10.1 Å². The quantitative estimate of drug-likeness (QED) is 0.324. The van der Waals surface area contributed by atoms with Crippen molar-refractivity contribution in [1.82, 2.24) is 15.8 Å². The first kappa shape index (κ1) is 19.6. The molecule has 0 unspecified atom stereocenters. The highest BCUT2D eigenvalue weighted by Crippen LogP contribution is 2.23. The molecular formula is C14H20N4O5S. The van der Waals surface area contributed by atoms with E-state index in [0.717, 1.165) is 12.5 Å². The smallest absolute Gasteiger partial charge is 0.273 e. The van der Waals surface area contributed by atoms with Crippen LogP contribution in [0.2, 0.25) is 0 Å². The van der Waals surface area contributed by atoms with Gasteiger partial charge in [-0.1, -0.05) is 0 Å². The van der Waals surface area contributed by atoms with Crippen LogP contribution in [0.1, 0.15) is 16.8 Å². The van der Waals surface area contributed by atoms with Gasteiger partial charge in [0.15, 0.2) is 5.11 Å². The number of carbonyl (C=O) groups is 1. The molecule has 0 atom stereocenters. The lowest BCUT2D eigenvalue weighted by Crippen LogP contribution is -2.48. The summed E-state index contributed by atoms with van der Waals surface area (Å²) in [5.74, 6) is -0.343. The summed E-state index contributed by atoms with van der Waals surface area (Å²) in [7, 11) is 4.55. The Morgan fingerprint density at radius 3 is 2.71 bits per heavy atom. The molecule has 0 fully saturated rings. The van der Waals surface area contributed by atoms with Crippen LogP contribution < -0.4 is 15.5 Å². The lowest BCUT2D eigenvalue weighted by Gasteiger charge is -2.22. The standard InChI is InChI=1S/C14H20N4O5S/c1-17(14(24)15-7-4-8-22-2)16-13(19)11-9-10(18(20)21)5-6-12(11)23-3/h5-6,9H,4,7-8H2,1-3H3,(H,15,24)(H,16,19). The molecule has 0 aliphatic heterocycles. The molecule has 0 radical (unpaired) electrons. The molecule has 10 heteroatoms. The van der Waals surface area contributed by atoms with Crippen LogP contribution in [0.15, 0.2) is 18.2 Å². The maximum atomic E-state index is 12.3. The van der Waals surface area contributed by atoms with Crippen LogP contribution >= 0.6 is 12.2 Å². The maximum absolute atomic E-state index is 12.3. The number of rotatable bonds is 7. The van der Waals surface area contributed by atoms with Gasteiger partial charge in [0.05, 0.1) is 17.6 Å². The highest BCUT2D eigenvalue weighted by Gasteiger charge is 2.19. The first-order valence-electron chi connectivity index (χ1n) is 7.04. The number of nitro groups is 1. The number of nitro benzene ring substituents is 1. The number of benzene rings is 1. The average molecular weight is 356 g/mol. The minimum Gasteiger partial charge on any atom is -0.496 e. The second-order valence-corrected chi connectivity index (χ2v) is 5.11. The van der Waals surface area contributed by atoms with E-state index in [9.17, 15) is 14.9 Å². The Kier molecular flexibility index (Phi) is 7.86. The summed E-state index contributed by atoms with van der Waals surface area (Å²) in [5.41, 5.74) is 2.37. The van der Waals surface area contributed by atoms with Crippen LogP contribution in [0.4, 0.5) is 5.69 Å². The number of ether oxygens (including phenoxy) is 2. The predicted molar refractivity (Wildman–Crippen MR) is 92.0 cm³/mol. The lowest BCUT2D eigenvalue weighted by molar-refractivity contribution is -0.384. The Morgan fingerprint density at radius 1 is 1.42 bits per heavy atom. The molecule has 0 spiro atoms. The molecule has 24 heavy (non-hydrogen) atoms. The molecule has 1 amide bonds. The summed E-state index contributed by atoms with van der Waals surface area (Å²) < 4.78 is 10.00. The minimum atomic E-state index is -0.581. The number of nitrogens with one attached hydrogen (secondary N) is 2. The number of hydrogen-bond acceptors (Lipinski definition) is 6. The molecular weight excluding hydrogens is 336 g/mol. The van der Waals surface area contributed by atoms with E-state index in [-0.39, 0.29) is 17.0 Å². The molecule has 0 bridgehead atoms. The molecule has 0 heterocycles. The Labute approximate surface area is 145 Å². The molecule has 1 rings (SSSR count). The number of amides is 1. The summed E-state index contributed by atoms with van der Waals surface area (Å²) >= 11 is 5.14. The van der Waals surface area contributed by atoms with Crippen molar-refractivity contribution in [3.05, 3.63) is 33.9 Å². The van der Waals surface area contributed by atoms with Gasteiger partial charge in [-0.2, -0.15) is 0 Å². The van der Waals surface area contributed by atoms with E-state index in [1.165, 1.54) is 24.3 Å². The maximum Gasteiger partial charge on any atom is 0.273 e. The first-order chi connectivity index (χ1) is 11.4. The van der Waals surface area contributed by atoms with Gasteiger partial charge in [-0.05, 0) is 24.7 Å². The fourth-order valence-corrected chi connectivity index (χ4v) is 1.93. The van der Waals surface area contributed by atoms with Crippen LogP contribution in [0.5, 0.6) is 5.75 Å². The predicted octanol–water partition coefficient (Wildman–Crippen LogP) is 1.09. The van der Waals surface area contributed by atoms with Gasteiger partial charge in [-0.3, -0.25) is 25.3 Å². The highest BCUT2D eigenvalue weighted by molar-refractivity contribution is 7.80. The van der Waals surface area contributed by atoms with E-state index in [1.807, 2.05) is 0 Å². The lowest BCUT2D eigenvalue weighted by atomic mass is 10.1. The third-order valence-corrected chi connectivity index (χ3v) is 3.43. The van der Waals surface area contributed by atoms with Crippen molar-refractivity contribution in [1.29, 1.82) is 0 Å². The van der Waals surface area contributed by atoms with E-state index in [1.54, 1.807) is 14.2 Å². The van der Waals surface area contributed by atoms with Gasteiger partial charge in [0.2, 0.25) is 0 Å². The van der Waals surface area contributed by atoms with Crippen molar-refractivity contribution >= 4 is 28.9 Å². The Morgan fingerprint density at radius 2 is 2.12 bits per heavy atom. The van der Waals surface area contributed by atoms with Crippen LogP contribution in [-0.4, -0.2) is 55.4 Å². The fourth-order valence-electron chi connectivity index (χ4n) is 1.78. The largest absolute Gasteiger partial charge is 0.496 e. The molecule has 0 saturated carbocycles. The molecule has 0 saturated heterocycles. The molecule has 132 valence electrons. The number of carbonyl (C=O) groups excluding carboxylic acids is 1. The third kappa shape index (κ3) is 5.63. The zero-order valence-electron chi connectivity index (χ0n) is 13.7. The Hall–Kier alpha value is -2.46. The van der Waals surface area contributed by atoms with Gasteiger partial charge in [0.1, 0.15) is 5.75 Å². The van der Waals surface area contributed by atoms with Crippen molar-refractivity contribution < 1.29 is 19.2 Å². The van der Waals surface area contributed by atoms with Crippen molar-refractivity contribution in [2.75, 3.05) is 34.4 Å². The van der Waals surface area contributed by atoms with E-state index in [4.69, 9.17) is 21.7 Å². The van der Waals surface area contributed by atoms with Crippen molar-refractivity contribution in [2.45, 2.75) is 6.42 Å². The van der Waals surface area contributed by atoms with Crippen molar-refractivity contribution in [3.8, 4) is 5.75 Å².